The number of hydrogen-bond acceptors (Lipinski definition) is 3. The molecule has 2 heterocycles. The van der Waals surface area contributed by atoms with Crippen LogP contribution in [0.25, 0.3) is 0 Å². The molecule has 0 amide bonds. The van der Waals surface area contributed by atoms with Gasteiger partial charge in [0, 0.05) is 26.2 Å². The molecule has 0 saturated carbocycles. The highest BCUT2D eigenvalue weighted by atomic mass is 19.1. The normalized spacial score (nSPS) is 27.9. The van der Waals surface area contributed by atoms with E-state index in [2.05, 4.69) is 15.6 Å². The lowest BCUT2D eigenvalue weighted by Gasteiger charge is -2.29. The maximum absolute atomic E-state index is 14.1. The van der Waals surface area contributed by atoms with E-state index in [1.165, 1.54) is 0 Å². The van der Waals surface area contributed by atoms with Crippen LogP contribution in [-0.2, 0) is 13.5 Å². The molecule has 1 unspecified atom stereocenters. The van der Waals surface area contributed by atoms with Crippen LogP contribution in [0.15, 0.2) is 6.20 Å². The standard InChI is InChI=1S/C9H15FN4/c1-14-6-8(12-13-14)5-9(10)3-2-4-11-7-9/h6,11H,2-5,7H2,1H3. The van der Waals surface area contributed by atoms with Gasteiger partial charge in [-0.1, -0.05) is 5.21 Å². The second-order valence-corrected chi connectivity index (χ2v) is 3.99. The summed E-state index contributed by atoms with van der Waals surface area (Å²) in [7, 11) is 1.79. The molecule has 4 nitrogen and oxygen atoms in total. The lowest BCUT2D eigenvalue weighted by molar-refractivity contribution is 0.121. The van der Waals surface area contributed by atoms with Crippen molar-refractivity contribution < 1.29 is 4.39 Å². The Morgan fingerprint density at radius 2 is 2.57 bits per heavy atom. The molecule has 78 valence electrons. The van der Waals surface area contributed by atoms with Crippen LogP contribution in [0.5, 0.6) is 0 Å². The van der Waals surface area contributed by atoms with Crippen LogP contribution in [0, 0.1) is 0 Å². The number of aromatic nitrogens is 3. The Kier molecular flexibility index (Phi) is 2.50. The van der Waals surface area contributed by atoms with Crippen molar-refractivity contribution in [2.75, 3.05) is 13.1 Å². The highest BCUT2D eigenvalue weighted by molar-refractivity contribution is 5.01. The van der Waals surface area contributed by atoms with Gasteiger partial charge in [0.05, 0.1) is 5.69 Å². The predicted molar refractivity (Wildman–Crippen MR) is 50.6 cm³/mol. The van der Waals surface area contributed by atoms with E-state index >= 15 is 0 Å². The molecule has 0 radical (unpaired) electrons. The van der Waals surface area contributed by atoms with Crippen molar-refractivity contribution in [1.82, 2.24) is 20.3 Å². The summed E-state index contributed by atoms with van der Waals surface area (Å²) in [5.74, 6) is 0. The van der Waals surface area contributed by atoms with Gasteiger partial charge in [0.25, 0.3) is 0 Å². The van der Waals surface area contributed by atoms with Crippen molar-refractivity contribution >= 4 is 0 Å². The van der Waals surface area contributed by atoms with E-state index in [0.717, 1.165) is 18.7 Å². The number of piperidine rings is 1. The Hall–Kier alpha value is -0.970. The number of alkyl halides is 1. The van der Waals surface area contributed by atoms with Crippen LogP contribution in [0.1, 0.15) is 18.5 Å². The third-order valence-electron chi connectivity index (χ3n) is 2.57. The van der Waals surface area contributed by atoms with E-state index in [-0.39, 0.29) is 0 Å². The van der Waals surface area contributed by atoms with Gasteiger partial charge in [-0.2, -0.15) is 0 Å². The van der Waals surface area contributed by atoms with Gasteiger partial charge in [0.15, 0.2) is 0 Å². The number of aryl methyl sites for hydroxylation is 1. The maximum atomic E-state index is 14.1. The van der Waals surface area contributed by atoms with Gasteiger partial charge in [0.2, 0.25) is 0 Å². The minimum Gasteiger partial charge on any atom is -0.314 e. The van der Waals surface area contributed by atoms with Gasteiger partial charge in [-0.25, -0.2) is 4.39 Å². The average Bonchev–Trinajstić information content (AvgIpc) is 2.51. The zero-order valence-corrected chi connectivity index (χ0v) is 8.33. The molecule has 0 bridgehead atoms. The van der Waals surface area contributed by atoms with Crippen LogP contribution in [0.4, 0.5) is 4.39 Å². The Bertz CT molecular complexity index is 304. The quantitative estimate of drug-likeness (QED) is 0.750. The highest BCUT2D eigenvalue weighted by Crippen LogP contribution is 2.24. The number of hydrogen-bond donors (Lipinski definition) is 1. The van der Waals surface area contributed by atoms with E-state index in [1.54, 1.807) is 17.9 Å². The minimum absolute atomic E-state index is 0.369. The smallest absolute Gasteiger partial charge is 0.129 e. The molecule has 2 rings (SSSR count). The van der Waals surface area contributed by atoms with Crippen molar-refractivity contribution in [1.29, 1.82) is 0 Å². The molecule has 1 fully saturated rings. The maximum Gasteiger partial charge on any atom is 0.129 e. The second kappa shape index (κ2) is 3.65. The van der Waals surface area contributed by atoms with E-state index in [9.17, 15) is 4.39 Å². The summed E-state index contributed by atoms with van der Waals surface area (Å²) in [4.78, 5) is 0. The summed E-state index contributed by atoms with van der Waals surface area (Å²) in [5, 5.41) is 10.8. The number of rotatable bonds is 2. The predicted octanol–water partition coefficient (Wildman–Crippen LogP) is 0.449. The fraction of sp³-hybridized carbons (Fsp3) is 0.778. The first-order chi connectivity index (χ1) is 6.68. The number of nitrogens with zero attached hydrogens (tertiary/aromatic N) is 3. The molecule has 0 aliphatic carbocycles. The average molecular weight is 198 g/mol. The van der Waals surface area contributed by atoms with Crippen LogP contribution in [0.2, 0.25) is 0 Å². The molecular weight excluding hydrogens is 183 g/mol. The first-order valence-electron chi connectivity index (χ1n) is 4.93. The molecule has 1 atom stereocenters. The van der Waals surface area contributed by atoms with E-state index < -0.39 is 5.67 Å². The van der Waals surface area contributed by atoms with Gasteiger partial charge in [0.1, 0.15) is 5.67 Å². The van der Waals surface area contributed by atoms with Crippen molar-refractivity contribution in [3.63, 3.8) is 0 Å². The van der Waals surface area contributed by atoms with E-state index in [1.807, 2.05) is 0 Å². The third kappa shape index (κ3) is 2.09. The largest absolute Gasteiger partial charge is 0.314 e. The Morgan fingerprint density at radius 1 is 1.71 bits per heavy atom. The monoisotopic (exact) mass is 198 g/mol. The van der Waals surface area contributed by atoms with Crippen LogP contribution >= 0.6 is 0 Å². The van der Waals surface area contributed by atoms with Crippen molar-refractivity contribution in [2.45, 2.75) is 24.9 Å². The topological polar surface area (TPSA) is 42.7 Å². The summed E-state index contributed by atoms with van der Waals surface area (Å²) in [5.41, 5.74) is -0.396. The van der Waals surface area contributed by atoms with Crippen LogP contribution in [0.3, 0.4) is 0 Å². The van der Waals surface area contributed by atoms with Crippen molar-refractivity contribution in [3.05, 3.63) is 11.9 Å². The highest BCUT2D eigenvalue weighted by Gasteiger charge is 2.32. The zero-order valence-electron chi connectivity index (χ0n) is 8.33. The molecule has 1 saturated heterocycles. The zero-order chi connectivity index (χ0) is 10.0. The lowest BCUT2D eigenvalue weighted by Crippen LogP contribution is -2.43. The van der Waals surface area contributed by atoms with Gasteiger partial charge >= 0.3 is 0 Å². The van der Waals surface area contributed by atoms with Crippen molar-refractivity contribution in [3.8, 4) is 0 Å². The van der Waals surface area contributed by atoms with Gasteiger partial charge < -0.3 is 5.32 Å². The number of halogens is 1. The van der Waals surface area contributed by atoms with Gasteiger partial charge in [-0.05, 0) is 19.4 Å². The third-order valence-corrected chi connectivity index (χ3v) is 2.57. The molecular formula is C9H15FN4. The Morgan fingerprint density at radius 3 is 3.14 bits per heavy atom. The second-order valence-electron chi connectivity index (χ2n) is 3.99. The Labute approximate surface area is 82.5 Å². The molecule has 1 aliphatic rings. The Balaban J connectivity index is 2.01. The molecule has 1 N–H and O–H groups in total. The summed E-state index contributed by atoms with van der Waals surface area (Å²) in [6, 6.07) is 0. The number of nitrogens with one attached hydrogen (secondary N) is 1. The van der Waals surface area contributed by atoms with Crippen molar-refractivity contribution in [2.24, 2.45) is 7.05 Å². The fourth-order valence-electron chi connectivity index (χ4n) is 1.88. The molecule has 1 aromatic heterocycles. The molecule has 1 aromatic rings. The molecule has 0 spiro atoms. The molecule has 0 aromatic carbocycles. The fourth-order valence-corrected chi connectivity index (χ4v) is 1.88. The summed E-state index contributed by atoms with van der Waals surface area (Å²) in [6.45, 7) is 1.36. The van der Waals surface area contributed by atoms with Crippen LogP contribution < -0.4 is 5.32 Å². The SMILES string of the molecule is Cn1cc(CC2(F)CCCNC2)nn1. The first kappa shape index (κ1) is 9.58. The van der Waals surface area contributed by atoms with E-state index in [0.29, 0.717) is 19.4 Å². The van der Waals surface area contributed by atoms with Crippen LogP contribution in [-0.4, -0.2) is 33.8 Å². The van der Waals surface area contributed by atoms with Gasteiger partial charge in [-0.15, -0.1) is 5.10 Å². The molecule has 14 heavy (non-hydrogen) atoms. The van der Waals surface area contributed by atoms with E-state index in [4.69, 9.17) is 0 Å². The first-order valence-corrected chi connectivity index (χ1v) is 4.93. The molecule has 5 heteroatoms. The van der Waals surface area contributed by atoms with Gasteiger partial charge in [-0.3, -0.25) is 4.68 Å². The molecule has 1 aliphatic heterocycles. The minimum atomic E-state index is -1.13. The summed E-state index contributed by atoms with van der Waals surface area (Å²) in [6.07, 6.45) is 3.66. The lowest BCUT2D eigenvalue weighted by atomic mass is 9.91. The summed E-state index contributed by atoms with van der Waals surface area (Å²) < 4.78 is 15.7. The summed E-state index contributed by atoms with van der Waals surface area (Å²) >= 11 is 0.